The molecule has 1 aromatic rings. The highest BCUT2D eigenvalue weighted by Crippen LogP contribution is 2.49. The average Bonchev–Trinajstić information content (AvgIpc) is 3.81. The van der Waals surface area contributed by atoms with Gasteiger partial charge in [-0.25, -0.2) is 9.59 Å². The Morgan fingerprint density at radius 2 is 1.94 bits per heavy atom. The molecule has 2 N–H and O–H groups in total. The highest BCUT2D eigenvalue weighted by molar-refractivity contribution is 7.80. The van der Waals surface area contributed by atoms with Gasteiger partial charge in [-0.1, -0.05) is 48.7 Å². The van der Waals surface area contributed by atoms with E-state index in [-0.39, 0.29) is 30.2 Å². The van der Waals surface area contributed by atoms with Crippen molar-refractivity contribution in [1.29, 1.82) is 0 Å². The van der Waals surface area contributed by atoms with Crippen molar-refractivity contribution in [2.75, 3.05) is 39.0 Å². The fraction of sp³-hybridized carbons (Fsp3) is 0.632. The number of anilines is 1. The Bertz CT molecular complexity index is 1590. The van der Waals surface area contributed by atoms with Crippen LogP contribution in [-0.4, -0.2) is 110 Å². The van der Waals surface area contributed by atoms with E-state index >= 15 is 0 Å². The fourth-order valence-electron chi connectivity index (χ4n) is 6.96. The first-order valence-electron chi connectivity index (χ1n) is 17.9. The van der Waals surface area contributed by atoms with E-state index in [0.717, 1.165) is 29.7 Å². The van der Waals surface area contributed by atoms with Crippen molar-refractivity contribution >= 4 is 53.8 Å². The van der Waals surface area contributed by atoms with Gasteiger partial charge < -0.3 is 38.6 Å². The first kappa shape index (κ1) is 42.4. The first-order valence-corrected chi connectivity index (χ1v) is 19.0. The van der Waals surface area contributed by atoms with E-state index in [1.54, 1.807) is 59.2 Å². The van der Waals surface area contributed by atoms with Crippen molar-refractivity contribution < 1.29 is 48.0 Å². The van der Waals surface area contributed by atoms with Crippen molar-refractivity contribution in [3.63, 3.8) is 0 Å². The van der Waals surface area contributed by atoms with E-state index in [2.05, 4.69) is 17.9 Å². The summed E-state index contributed by atoms with van der Waals surface area (Å²) in [5.41, 5.74) is -0.889. The summed E-state index contributed by atoms with van der Waals surface area (Å²) in [6, 6.07) is 2.64. The number of carbonyl (C=O) groups excluding carboxylic acids is 4. The van der Waals surface area contributed by atoms with E-state index in [0.29, 0.717) is 24.3 Å². The predicted molar refractivity (Wildman–Crippen MR) is 203 cm³/mol. The second-order valence-corrected chi connectivity index (χ2v) is 15.3. The van der Waals surface area contributed by atoms with E-state index < -0.39 is 65.7 Å². The van der Waals surface area contributed by atoms with Gasteiger partial charge in [-0.3, -0.25) is 14.9 Å². The Balaban J connectivity index is 1.72. The van der Waals surface area contributed by atoms with E-state index in [1.807, 2.05) is 13.0 Å². The molecule has 4 bridgehead atoms. The molecule has 3 aliphatic heterocycles. The predicted octanol–water partition coefficient (Wildman–Crippen LogP) is 5.00. The van der Waals surface area contributed by atoms with Crippen LogP contribution in [-0.2, 0) is 39.8 Å². The summed E-state index contributed by atoms with van der Waals surface area (Å²) in [4.78, 5) is 56.4. The maximum absolute atomic E-state index is 14.1. The number of hydrogen-bond acceptors (Lipinski definition) is 11. The summed E-state index contributed by atoms with van der Waals surface area (Å²) in [7, 11) is 6.06. The molecule has 2 fully saturated rings. The Morgan fingerprint density at radius 3 is 2.60 bits per heavy atom. The molecule has 0 saturated carbocycles. The number of fused-ring (bicyclic) bond motifs is 5. The van der Waals surface area contributed by atoms with E-state index in [9.17, 15) is 24.3 Å². The number of hydrogen-bond donors (Lipinski definition) is 3. The number of esters is 1. The second kappa shape index (κ2) is 17.9. The SMILES string of the molecule is COc1cc2cc(c1Cl)N(C)C(=O)C[C@H](OC(=O)[C@H](C)N(C)C(=O)CCCCCS)[C@]1(C)O[C@H]1[C@H](C)C1C[C@@](O)(NC(=O)O1)[C@H](OC)/C=C/C=C(\C)C2. The molecular formula is C38H54ClN3O10S. The maximum Gasteiger partial charge on any atom is 0.409 e. The molecule has 2 saturated heterocycles. The number of likely N-dealkylation sites (N-methyl/N-ethyl adjacent to an activating group) is 1. The number of amides is 3. The van der Waals surface area contributed by atoms with Gasteiger partial charge in [-0.05, 0) is 63.5 Å². The zero-order valence-corrected chi connectivity index (χ0v) is 33.5. The van der Waals surface area contributed by atoms with Crippen LogP contribution in [0, 0.1) is 5.92 Å². The molecule has 0 aromatic heterocycles. The minimum Gasteiger partial charge on any atom is -0.495 e. The number of thiol groups is 1. The third-order valence-corrected chi connectivity index (χ3v) is 11.3. The number of unbranched alkanes of at least 4 members (excludes halogenated alkanes) is 2. The smallest absolute Gasteiger partial charge is 0.409 e. The van der Waals surface area contributed by atoms with Crippen LogP contribution < -0.4 is 15.0 Å². The van der Waals surface area contributed by atoms with Gasteiger partial charge in [0.25, 0.3) is 0 Å². The highest BCUT2D eigenvalue weighted by atomic mass is 35.5. The lowest BCUT2D eigenvalue weighted by Gasteiger charge is -2.42. The zero-order chi connectivity index (χ0) is 39.2. The number of allylic oxidation sites excluding steroid dienone is 3. The van der Waals surface area contributed by atoms with Gasteiger partial charge >= 0.3 is 12.1 Å². The van der Waals surface area contributed by atoms with Gasteiger partial charge in [-0.15, -0.1) is 0 Å². The number of rotatable bonds is 10. The van der Waals surface area contributed by atoms with Crippen LogP contribution in [0.5, 0.6) is 5.75 Å². The molecule has 3 amide bonds. The normalized spacial score (nSPS) is 31.2. The Hall–Kier alpha value is -3.30. The number of carbonyl (C=O) groups is 4. The Morgan fingerprint density at radius 1 is 1.23 bits per heavy atom. The van der Waals surface area contributed by atoms with Gasteiger partial charge in [0, 0.05) is 40.0 Å². The van der Waals surface area contributed by atoms with Crippen LogP contribution in [0.2, 0.25) is 5.02 Å². The maximum atomic E-state index is 14.1. The standard InChI is InChI=1S/C38H54ClN3O10S/c1-22-13-12-14-29(49-8)38(47)21-28(50-36(46)40-38)23(2)34-37(4,52-34)30(51-35(45)24(3)41(5)31(43)15-10-9-11-16-53)20-32(44)42(6)26-18-25(17-22)19-27(48-7)33(26)39/h12-14,18-19,23-24,28-30,34,47,53H,9-11,15-17,20-21H2,1-8H3,(H,40,46)/b14-12+,22-13+/t23-,24+,28?,29-,30+,34+,37+,38+/m1/s1. The van der Waals surface area contributed by atoms with Gasteiger partial charge in [0.2, 0.25) is 11.8 Å². The largest absolute Gasteiger partial charge is 0.495 e. The molecule has 1 aromatic carbocycles. The zero-order valence-electron chi connectivity index (χ0n) is 31.8. The van der Waals surface area contributed by atoms with Crippen LogP contribution in [0.3, 0.4) is 0 Å². The lowest BCUT2D eigenvalue weighted by atomic mass is 9.83. The summed E-state index contributed by atoms with van der Waals surface area (Å²) in [5, 5.41) is 14.5. The number of nitrogens with zero attached hydrogens (tertiary/aromatic N) is 2. The van der Waals surface area contributed by atoms with Crippen molar-refractivity contribution in [2.45, 2.75) is 114 Å². The summed E-state index contributed by atoms with van der Waals surface area (Å²) >= 11 is 11.0. The van der Waals surface area contributed by atoms with Gasteiger partial charge in [0.05, 0.1) is 25.3 Å². The molecule has 1 unspecified atom stereocenters. The van der Waals surface area contributed by atoms with Crippen molar-refractivity contribution in [2.24, 2.45) is 5.92 Å². The topological polar surface area (TPSA) is 156 Å². The van der Waals surface area contributed by atoms with Crippen LogP contribution >= 0.6 is 24.2 Å². The van der Waals surface area contributed by atoms with Gasteiger partial charge in [0.15, 0.2) is 5.72 Å². The number of epoxide rings is 1. The lowest BCUT2D eigenvalue weighted by Crippen LogP contribution is -2.63. The minimum atomic E-state index is -1.82. The molecule has 0 radical (unpaired) electrons. The monoisotopic (exact) mass is 779 g/mol. The minimum absolute atomic E-state index is 0.0461. The molecule has 3 aliphatic rings. The van der Waals surface area contributed by atoms with Crippen molar-refractivity contribution in [1.82, 2.24) is 10.2 Å². The molecule has 0 spiro atoms. The number of benzene rings is 1. The van der Waals surface area contributed by atoms with E-state index in [4.69, 9.17) is 35.3 Å². The highest BCUT2D eigenvalue weighted by Gasteiger charge is 2.64. The summed E-state index contributed by atoms with van der Waals surface area (Å²) in [5.74, 6) is -0.753. The van der Waals surface area contributed by atoms with Crippen molar-refractivity contribution in [3.05, 3.63) is 46.5 Å². The molecule has 13 nitrogen and oxygen atoms in total. The summed E-state index contributed by atoms with van der Waals surface area (Å²) in [6.07, 6.45) is 3.67. The van der Waals surface area contributed by atoms with Gasteiger partial charge in [-0.2, -0.15) is 12.6 Å². The second-order valence-electron chi connectivity index (χ2n) is 14.4. The number of aliphatic hydroxyl groups is 1. The Labute approximate surface area is 322 Å². The van der Waals surface area contributed by atoms with E-state index in [1.165, 1.54) is 24.0 Å². The van der Waals surface area contributed by atoms with Crippen LogP contribution in [0.4, 0.5) is 10.5 Å². The molecule has 3 heterocycles. The van der Waals surface area contributed by atoms with Crippen LogP contribution in [0.15, 0.2) is 35.9 Å². The lowest BCUT2D eigenvalue weighted by molar-refractivity contribution is -0.162. The molecular weight excluding hydrogens is 726 g/mol. The number of methoxy groups -OCH3 is 2. The molecule has 294 valence electrons. The van der Waals surface area contributed by atoms with Crippen molar-refractivity contribution in [3.8, 4) is 5.75 Å². The quantitative estimate of drug-likeness (QED) is 0.128. The summed E-state index contributed by atoms with van der Waals surface area (Å²) < 4.78 is 29.2. The third kappa shape index (κ3) is 9.88. The number of halogens is 1. The molecule has 15 heteroatoms. The number of nitrogens with one attached hydrogen (secondary N) is 1. The van der Waals surface area contributed by atoms with Crippen LogP contribution in [0.1, 0.15) is 71.8 Å². The first-order chi connectivity index (χ1) is 25.0. The molecule has 8 atom stereocenters. The fourth-order valence-corrected chi connectivity index (χ4v) is 7.50. The Kier molecular flexibility index (Phi) is 14.3. The third-order valence-electron chi connectivity index (χ3n) is 10.6. The van der Waals surface area contributed by atoms with Gasteiger partial charge in [0.1, 0.15) is 40.7 Å². The average molecular weight is 780 g/mol. The number of ether oxygens (including phenoxy) is 5. The molecule has 53 heavy (non-hydrogen) atoms. The number of alkyl carbamates (subject to hydrolysis) is 1. The summed E-state index contributed by atoms with van der Waals surface area (Å²) in [6.45, 7) is 7.03. The molecule has 0 aliphatic carbocycles. The molecule has 4 rings (SSSR count). The van der Waals surface area contributed by atoms with Crippen LogP contribution in [0.25, 0.3) is 0 Å².